The highest BCUT2D eigenvalue weighted by Crippen LogP contribution is 2.18. The molecular weight excluding hydrogens is 206 g/mol. The first kappa shape index (κ1) is 10.6. The molecule has 0 saturated carbocycles. The Labute approximate surface area is 93.3 Å². The highest BCUT2D eigenvalue weighted by atomic mass is 16.6. The van der Waals surface area contributed by atoms with Crippen LogP contribution < -0.4 is 5.32 Å². The van der Waals surface area contributed by atoms with E-state index in [4.69, 9.17) is 0 Å². The van der Waals surface area contributed by atoms with E-state index in [0.717, 1.165) is 23.5 Å². The van der Waals surface area contributed by atoms with E-state index in [1.165, 1.54) is 6.07 Å². The Balaban J connectivity index is 2.40. The van der Waals surface area contributed by atoms with Crippen molar-refractivity contribution >= 4 is 11.5 Å². The van der Waals surface area contributed by atoms with E-state index >= 15 is 0 Å². The number of nitro benzene ring substituents is 1. The smallest absolute Gasteiger partial charge is 0.270 e. The molecule has 5 nitrogen and oxygen atoms in total. The van der Waals surface area contributed by atoms with Gasteiger partial charge in [-0.1, -0.05) is 6.07 Å². The standard InChI is InChI=1S/C11H13N3O2/c1-7-3-4-9(14(15)16)5-10(7)11-12-6-8(2)13-11/h3-5,8H,6H2,1-2H3,(H,12,13). The van der Waals surface area contributed by atoms with Gasteiger partial charge in [0.25, 0.3) is 5.69 Å². The molecule has 0 spiro atoms. The summed E-state index contributed by atoms with van der Waals surface area (Å²) in [5, 5.41) is 13.9. The molecule has 1 unspecified atom stereocenters. The summed E-state index contributed by atoms with van der Waals surface area (Å²) in [6.45, 7) is 4.67. The van der Waals surface area contributed by atoms with Gasteiger partial charge < -0.3 is 5.32 Å². The zero-order valence-electron chi connectivity index (χ0n) is 9.23. The molecule has 0 saturated heterocycles. The van der Waals surface area contributed by atoms with Gasteiger partial charge in [0.15, 0.2) is 0 Å². The molecule has 5 heteroatoms. The van der Waals surface area contributed by atoms with Crippen LogP contribution >= 0.6 is 0 Å². The number of nitrogens with zero attached hydrogens (tertiary/aromatic N) is 2. The fraction of sp³-hybridized carbons (Fsp3) is 0.364. The van der Waals surface area contributed by atoms with Crippen LogP contribution in [0, 0.1) is 17.0 Å². The van der Waals surface area contributed by atoms with Crippen LogP contribution in [0.3, 0.4) is 0 Å². The van der Waals surface area contributed by atoms with Gasteiger partial charge in [0.05, 0.1) is 11.5 Å². The Morgan fingerprint density at radius 2 is 2.31 bits per heavy atom. The van der Waals surface area contributed by atoms with Crippen LogP contribution in [0.4, 0.5) is 5.69 Å². The Hall–Kier alpha value is -1.91. The number of amidine groups is 1. The number of hydrogen-bond acceptors (Lipinski definition) is 4. The Morgan fingerprint density at radius 1 is 1.56 bits per heavy atom. The summed E-state index contributed by atoms with van der Waals surface area (Å²) in [5.74, 6) is 0.758. The number of rotatable bonds is 2. The van der Waals surface area contributed by atoms with E-state index in [1.807, 2.05) is 13.8 Å². The quantitative estimate of drug-likeness (QED) is 0.607. The van der Waals surface area contributed by atoms with Crippen LogP contribution in [0.25, 0.3) is 0 Å². The van der Waals surface area contributed by atoms with Crippen molar-refractivity contribution in [3.8, 4) is 0 Å². The number of nitro groups is 1. The van der Waals surface area contributed by atoms with Crippen molar-refractivity contribution in [2.45, 2.75) is 19.9 Å². The van der Waals surface area contributed by atoms with Crippen molar-refractivity contribution in [3.05, 3.63) is 39.4 Å². The molecule has 1 atom stereocenters. The monoisotopic (exact) mass is 219 g/mol. The Kier molecular flexibility index (Phi) is 2.60. The predicted octanol–water partition coefficient (Wildman–Crippen LogP) is 1.64. The minimum Gasteiger partial charge on any atom is -0.366 e. The van der Waals surface area contributed by atoms with Crippen molar-refractivity contribution in [3.63, 3.8) is 0 Å². The van der Waals surface area contributed by atoms with E-state index in [2.05, 4.69) is 10.3 Å². The highest BCUT2D eigenvalue weighted by molar-refractivity contribution is 6.01. The molecule has 16 heavy (non-hydrogen) atoms. The van der Waals surface area contributed by atoms with E-state index < -0.39 is 0 Å². The fourth-order valence-corrected chi connectivity index (χ4v) is 1.69. The largest absolute Gasteiger partial charge is 0.366 e. The van der Waals surface area contributed by atoms with Gasteiger partial charge in [0, 0.05) is 23.7 Å². The number of aliphatic imine (C=N–C) groups is 1. The maximum absolute atomic E-state index is 10.7. The number of nitrogens with one attached hydrogen (secondary N) is 1. The molecule has 1 heterocycles. The van der Waals surface area contributed by atoms with Gasteiger partial charge in [0.2, 0.25) is 0 Å². The second-order valence-corrected chi connectivity index (χ2v) is 3.99. The first-order valence-electron chi connectivity index (χ1n) is 5.14. The number of benzene rings is 1. The summed E-state index contributed by atoms with van der Waals surface area (Å²) in [6.07, 6.45) is 0. The molecule has 84 valence electrons. The summed E-state index contributed by atoms with van der Waals surface area (Å²) >= 11 is 0. The van der Waals surface area contributed by atoms with Gasteiger partial charge in [-0.05, 0) is 19.4 Å². The topological polar surface area (TPSA) is 67.5 Å². The van der Waals surface area contributed by atoms with Gasteiger partial charge in [-0.25, -0.2) is 0 Å². The maximum atomic E-state index is 10.7. The SMILES string of the molecule is Cc1ccc([N+](=O)[O-])cc1C1=NCC(C)N1. The van der Waals surface area contributed by atoms with Gasteiger partial charge in [-0.3, -0.25) is 15.1 Å². The first-order valence-corrected chi connectivity index (χ1v) is 5.14. The van der Waals surface area contributed by atoms with E-state index in [1.54, 1.807) is 12.1 Å². The van der Waals surface area contributed by atoms with Gasteiger partial charge in [-0.2, -0.15) is 0 Å². The average molecular weight is 219 g/mol. The van der Waals surface area contributed by atoms with E-state index in [-0.39, 0.29) is 10.6 Å². The molecule has 1 aromatic carbocycles. The zero-order valence-corrected chi connectivity index (χ0v) is 9.23. The number of non-ortho nitro benzene ring substituents is 1. The molecule has 0 fully saturated rings. The minimum absolute atomic E-state index is 0.102. The third-order valence-electron chi connectivity index (χ3n) is 2.59. The lowest BCUT2D eigenvalue weighted by molar-refractivity contribution is -0.384. The van der Waals surface area contributed by atoms with Crippen molar-refractivity contribution in [1.29, 1.82) is 0 Å². The lowest BCUT2D eigenvalue weighted by atomic mass is 10.1. The molecule has 0 aromatic heterocycles. The summed E-state index contributed by atoms with van der Waals surface area (Å²) < 4.78 is 0. The molecule has 0 amide bonds. The zero-order chi connectivity index (χ0) is 11.7. The summed E-state index contributed by atoms with van der Waals surface area (Å²) in [7, 11) is 0. The van der Waals surface area contributed by atoms with Crippen LogP contribution in [0.15, 0.2) is 23.2 Å². The molecule has 1 aromatic rings. The lowest BCUT2D eigenvalue weighted by Gasteiger charge is -2.08. The molecule has 1 aliphatic rings. The van der Waals surface area contributed by atoms with Gasteiger partial charge in [-0.15, -0.1) is 0 Å². The second kappa shape index (κ2) is 3.92. The fourth-order valence-electron chi connectivity index (χ4n) is 1.69. The predicted molar refractivity (Wildman–Crippen MR) is 61.8 cm³/mol. The van der Waals surface area contributed by atoms with E-state index in [0.29, 0.717) is 6.04 Å². The molecular formula is C11H13N3O2. The van der Waals surface area contributed by atoms with Crippen molar-refractivity contribution in [2.75, 3.05) is 6.54 Å². The molecule has 0 radical (unpaired) electrons. The third-order valence-corrected chi connectivity index (χ3v) is 2.59. The lowest BCUT2D eigenvalue weighted by Crippen LogP contribution is -2.28. The molecule has 1 aliphatic heterocycles. The van der Waals surface area contributed by atoms with Crippen LogP contribution in [-0.4, -0.2) is 23.3 Å². The van der Waals surface area contributed by atoms with Crippen LogP contribution in [-0.2, 0) is 0 Å². The average Bonchev–Trinajstić information content (AvgIpc) is 2.65. The van der Waals surface area contributed by atoms with Crippen LogP contribution in [0.2, 0.25) is 0 Å². The van der Waals surface area contributed by atoms with Crippen molar-refractivity contribution in [1.82, 2.24) is 5.32 Å². The normalized spacial score (nSPS) is 19.1. The molecule has 2 rings (SSSR count). The molecule has 0 bridgehead atoms. The third kappa shape index (κ3) is 1.88. The molecule has 1 N–H and O–H groups in total. The van der Waals surface area contributed by atoms with Gasteiger partial charge >= 0.3 is 0 Å². The summed E-state index contributed by atoms with van der Waals surface area (Å²) in [6, 6.07) is 5.13. The molecule has 0 aliphatic carbocycles. The van der Waals surface area contributed by atoms with Crippen LogP contribution in [0.1, 0.15) is 18.1 Å². The maximum Gasteiger partial charge on any atom is 0.270 e. The number of hydrogen-bond donors (Lipinski definition) is 1. The Bertz CT molecular complexity index is 468. The minimum atomic E-state index is -0.387. The Morgan fingerprint density at radius 3 is 2.88 bits per heavy atom. The van der Waals surface area contributed by atoms with E-state index in [9.17, 15) is 10.1 Å². The first-order chi connectivity index (χ1) is 7.58. The number of aryl methyl sites for hydroxylation is 1. The van der Waals surface area contributed by atoms with Crippen molar-refractivity contribution < 1.29 is 4.92 Å². The van der Waals surface area contributed by atoms with Crippen LogP contribution in [0.5, 0.6) is 0 Å². The summed E-state index contributed by atoms with van der Waals surface area (Å²) in [4.78, 5) is 14.6. The summed E-state index contributed by atoms with van der Waals surface area (Å²) in [5.41, 5.74) is 1.91. The highest BCUT2D eigenvalue weighted by Gasteiger charge is 2.18. The van der Waals surface area contributed by atoms with Crippen molar-refractivity contribution in [2.24, 2.45) is 4.99 Å². The second-order valence-electron chi connectivity index (χ2n) is 3.99. The van der Waals surface area contributed by atoms with Gasteiger partial charge in [0.1, 0.15) is 5.84 Å².